The van der Waals surface area contributed by atoms with Gasteiger partial charge in [0.05, 0.1) is 16.8 Å². The number of hydrogen-bond donors (Lipinski definition) is 0. The van der Waals surface area contributed by atoms with Gasteiger partial charge in [-0.3, -0.25) is 0 Å². The van der Waals surface area contributed by atoms with Crippen molar-refractivity contribution in [3.05, 3.63) is 191 Å². The zero-order valence-corrected chi connectivity index (χ0v) is 27.8. The lowest BCUT2D eigenvalue weighted by molar-refractivity contribution is 0.812. The molecule has 2 heterocycles. The number of nitrogens with zero attached hydrogens (tertiary/aromatic N) is 2. The quantitative estimate of drug-likeness (QED) is 0.190. The average molecular weight is 653 g/mol. The summed E-state index contributed by atoms with van der Waals surface area (Å²) in [5, 5.41) is 3.72. The molecule has 0 radical (unpaired) electrons. The van der Waals surface area contributed by atoms with Crippen molar-refractivity contribution in [2.75, 3.05) is 0 Å². The highest BCUT2D eigenvalue weighted by Gasteiger charge is 2.53. The van der Waals surface area contributed by atoms with Crippen molar-refractivity contribution in [1.29, 1.82) is 0 Å². The second-order valence-electron chi connectivity index (χ2n) is 13.3. The Morgan fingerprint density at radius 1 is 0.420 bits per heavy atom. The van der Waals surface area contributed by atoms with Crippen LogP contribution in [0.4, 0.5) is 0 Å². The van der Waals surface area contributed by atoms with E-state index in [4.69, 9.17) is 9.97 Å². The van der Waals surface area contributed by atoms with Crippen LogP contribution >= 0.6 is 11.3 Å². The van der Waals surface area contributed by atoms with Gasteiger partial charge in [-0.25, -0.2) is 9.97 Å². The fraction of sp³-hybridized carbons (Fsp3) is 0.0213. The first-order chi connectivity index (χ1) is 24.8. The van der Waals surface area contributed by atoms with Crippen LogP contribution in [-0.2, 0) is 5.41 Å². The standard InChI is InChI=1S/C47H28N2S/c1-2-13-30(14-3-1)41-28-42(49-46(48-41)33-23-22-29-12-4-5-15-31(29)26-33)32-24-25-35-34-16-6-9-19-38(34)47(40(35)27-32)39-20-10-7-17-36(39)44-37-18-8-11-21-43(37)50-45(44)47/h1-28H/t47-/m1/s1. The molecule has 9 aromatic rings. The zero-order valence-electron chi connectivity index (χ0n) is 27.0. The van der Waals surface area contributed by atoms with Gasteiger partial charge in [-0.05, 0) is 68.4 Å². The number of fused-ring (bicyclic) bond motifs is 13. The van der Waals surface area contributed by atoms with Gasteiger partial charge < -0.3 is 0 Å². The molecule has 50 heavy (non-hydrogen) atoms. The molecule has 2 nitrogen and oxygen atoms in total. The van der Waals surface area contributed by atoms with Gasteiger partial charge in [0, 0.05) is 37.2 Å². The van der Waals surface area contributed by atoms with Gasteiger partial charge >= 0.3 is 0 Å². The van der Waals surface area contributed by atoms with Crippen molar-refractivity contribution in [1.82, 2.24) is 9.97 Å². The minimum Gasteiger partial charge on any atom is -0.228 e. The number of hydrogen-bond acceptors (Lipinski definition) is 3. The van der Waals surface area contributed by atoms with E-state index in [1.54, 1.807) is 0 Å². The maximum absolute atomic E-state index is 5.31. The molecule has 0 unspecified atom stereocenters. The van der Waals surface area contributed by atoms with E-state index in [0.29, 0.717) is 0 Å². The molecule has 0 saturated carbocycles. The Morgan fingerprint density at radius 2 is 1.06 bits per heavy atom. The predicted octanol–water partition coefficient (Wildman–Crippen LogP) is 12.2. The lowest BCUT2D eigenvalue weighted by atomic mass is 9.73. The van der Waals surface area contributed by atoms with Gasteiger partial charge in [0.25, 0.3) is 0 Å². The highest BCUT2D eigenvalue weighted by atomic mass is 32.1. The molecule has 0 bridgehead atoms. The lowest BCUT2D eigenvalue weighted by Gasteiger charge is -2.29. The molecule has 1 atom stereocenters. The molecule has 1 spiro atoms. The fourth-order valence-corrected chi connectivity index (χ4v) is 9.96. The summed E-state index contributed by atoms with van der Waals surface area (Å²) < 4.78 is 1.33. The minimum absolute atomic E-state index is 0.409. The Hall–Kier alpha value is -6.16. The Morgan fingerprint density at radius 3 is 1.92 bits per heavy atom. The summed E-state index contributed by atoms with van der Waals surface area (Å²) in [6, 6.07) is 61.6. The molecule has 0 fully saturated rings. The van der Waals surface area contributed by atoms with Crippen LogP contribution in [0.5, 0.6) is 0 Å². The number of benzene rings is 7. The van der Waals surface area contributed by atoms with Gasteiger partial charge in [0.1, 0.15) is 0 Å². The summed E-state index contributed by atoms with van der Waals surface area (Å²) in [7, 11) is 0. The molecular weight excluding hydrogens is 625 g/mol. The van der Waals surface area contributed by atoms with Gasteiger partial charge in [-0.15, -0.1) is 11.3 Å². The highest BCUT2D eigenvalue weighted by molar-refractivity contribution is 7.20. The molecule has 2 aliphatic rings. The van der Waals surface area contributed by atoms with E-state index in [1.807, 2.05) is 11.3 Å². The molecule has 7 aromatic carbocycles. The van der Waals surface area contributed by atoms with E-state index in [2.05, 4.69) is 170 Å². The number of rotatable bonds is 3. The summed E-state index contributed by atoms with van der Waals surface area (Å²) >= 11 is 1.94. The number of aromatic nitrogens is 2. The van der Waals surface area contributed by atoms with Crippen molar-refractivity contribution >= 4 is 32.2 Å². The third-order valence-electron chi connectivity index (χ3n) is 10.7. The fourth-order valence-electron chi connectivity index (χ4n) is 8.51. The van der Waals surface area contributed by atoms with Crippen LogP contribution in [0.15, 0.2) is 170 Å². The van der Waals surface area contributed by atoms with Crippen LogP contribution in [0.3, 0.4) is 0 Å². The molecule has 3 heteroatoms. The third-order valence-corrected chi connectivity index (χ3v) is 12.0. The first-order valence-electron chi connectivity index (χ1n) is 17.1. The van der Waals surface area contributed by atoms with Gasteiger partial charge in [0.15, 0.2) is 5.82 Å². The molecular formula is C47H28N2S. The summed E-state index contributed by atoms with van der Waals surface area (Å²) in [4.78, 5) is 11.9. The molecule has 2 aromatic heterocycles. The van der Waals surface area contributed by atoms with Crippen molar-refractivity contribution in [3.63, 3.8) is 0 Å². The average Bonchev–Trinajstić information content (AvgIpc) is 3.81. The monoisotopic (exact) mass is 652 g/mol. The maximum atomic E-state index is 5.31. The van der Waals surface area contributed by atoms with E-state index in [-0.39, 0.29) is 0 Å². The Balaban J connectivity index is 1.18. The SMILES string of the molecule is c1ccc(-c2cc(-c3ccc4c(c3)[C@@]3(c5ccccc5-4)c4ccccc4-c4c3sc3ccccc43)nc(-c3ccc4ccccc4c3)n2)cc1. The molecule has 0 amide bonds. The van der Waals surface area contributed by atoms with Crippen molar-refractivity contribution < 1.29 is 0 Å². The van der Waals surface area contributed by atoms with Crippen LogP contribution in [-0.4, -0.2) is 9.97 Å². The molecule has 11 rings (SSSR count). The summed E-state index contributed by atoms with van der Waals surface area (Å²) in [5.74, 6) is 0.726. The van der Waals surface area contributed by atoms with Crippen LogP contribution in [0.1, 0.15) is 21.6 Å². The van der Waals surface area contributed by atoms with Gasteiger partial charge in [0.2, 0.25) is 0 Å². The minimum atomic E-state index is -0.409. The summed E-state index contributed by atoms with van der Waals surface area (Å²) in [5.41, 5.74) is 13.9. The topological polar surface area (TPSA) is 25.8 Å². The van der Waals surface area contributed by atoms with E-state index >= 15 is 0 Å². The second kappa shape index (κ2) is 10.4. The summed E-state index contributed by atoms with van der Waals surface area (Å²) in [6.45, 7) is 0. The van der Waals surface area contributed by atoms with Crippen LogP contribution < -0.4 is 0 Å². The maximum Gasteiger partial charge on any atom is 0.160 e. The predicted molar refractivity (Wildman–Crippen MR) is 208 cm³/mol. The molecule has 0 N–H and O–H groups in total. The normalized spacial score (nSPS) is 15.3. The molecule has 0 aliphatic heterocycles. The number of thiophene rings is 1. The first-order valence-corrected chi connectivity index (χ1v) is 17.9. The highest BCUT2D eigenvalue weighted by Crippen LogP contribution is 2.66. The Labute approximate surface area is 294 Å². The van der Waals surface area contributed by atoms with Crippen LogP contribution in [0, 0.1) is 0 Å². The lowest BCUT2D eigenvalue weighted by Crippen LogP contribution is -2.25. The molecule has 2 aliphatic carbocycles. The molecule has 232 valence electrons. The van der Waals surface area contributed by atoms with Gasteiger partial charge in [-0.2, -0.15) is 0 Å². The van der Waals surface area contributed by atoms with Crippen LogP contribution in [0.25, 0.3) is 77.0 Å². The Kier molecular flexibility index (Phi) is 5.78. The Bertz CT molecular complexity index is 2830. The summed E-state index contributed by atoms with van der Waals surface area (Å²) in [6.07, 6.45) is 0. The smallest absolute Gasteiger partial charge is 0.160 e. The third kappa shape index (κ3) is 3.78. The zero-order chi connectivity index (χ0) is 32.8. The van der Waals surface area contributed by atoms with E-state index < -0.39 is 5.41 Å². The first kappa shape index (κ1) is 27.8. The second-order valence-corrected chi connectivity index (χ2v) is 14.3. The van der Waals surface area contributed by atoms with E-state index in [1.165, 1.54) is 64.7 Å². The largest absolute Gasteiger partial charge is 0.228 e. The van der Waals surface area contributed by atoms with E-state index in [0.717, 1.165) is 33.9 Å². The van der Waals surface area contributed by atoms with Gasteiger partial charge in [-0.1, -0.05) is 146 Å². The van der Waals surface area contributed by atoms with Crippen molar-refractivity contribution in [2.24, 2.45) is 0 Å². The van der Waals surface area contributed by atoms with E-state index in [9.17, 15) is 0 Å². The van der Waals surface area contributed by atoms with Crippen molar-refractivity contribution in [3.8, 4) is 56.2 Å². The molecule has 0 saturated heterocycles. The van der Waals surface area contributed by atoms with Crippen LogP contribution in [0.2, 0.25) is 0 Å². The van der Waals surface area contributed by atoms with Crippen molar-refractivity contribution in [2.45, 2.75) is 5.41 Å².